The minimum atomic E-state index is 0.0817. The minimum absolute atomic E-state index is 0.0817. The molecule has 2 N–H and O–H groups in total. The van der Waals surface area contributed by atoms with E-state index < -0.39 is 0 Å². The van der Waals surface area contributed by atoms with E-state index >= 15 is 0 Å². The second-order valence-electron chi connectivity index (χ2n) is 4.71. The van der Waals surface area contributed by atoms with E-state index in [4.69, 9.17) is 0 Å². The predicted octanol–water partition coefficient (Wildman–Crippen LogP) is 1.37. The Morgan fingerprint density at radius 2 is 2.24 bits per heavy atom. The predicted molar refractivity (Wildman–Crippen MR) is 69.7 cm³/mol. The molecule has 4 heteroatoms. The van der Waals surface area contributed by atoms with Crippen LogP contribution in [0.2, 0.25) is 0 Å². The molecule has 96 valence electrons. The molecule has 0 bridgehead atoms. The van der Waals surface area contributed by atoms with Gasteiger partial charge in [0.25, 0.3) is 0 Å². The maximum atomic E-state index is 11.1. The normalized spacial score (nSPS) is 10.8. The number of hydrogen-bond acceptors (Lipinski definition) is 2. The van der Waals surface area contributed by atoms with Crippen LogP contribution in [0.3, 0.4) is 0 Å². The highest BCUT2D eigenvalue weighted by Crippen LogP contribution is 2.02. The second kappa shape index (κ2) is 7.12. The van der Waals surface area contributed by atoms with Crippen LogP contribution in [0.25, 0.3) is 0 Å². The summed E-state index contributed by atoms with van der Waals surface area (Å²) in [6.45, 7) is 7.06. The molecule has 0 aliphatic rings. The number of nitrogens with zero attached hydrogens (tertiary/aromatic N) is 1. The Balaban J connectivity index is 2.30. The standard InChI is InChI=1S/C13H23N3O/c1-11(2)8-15-9-12-4-6-16(10-12)7-5-13(17)14-3/h4,6,10-11,15H,5,7-9H2,1-3H3,(H,14,17). The average Bonchev–Trinajstić information content (AvgIpc) is 2.73. The van der Waals surface area contributed by atoms with Crippen molar-refractivity contribution in [1.82, 2.24) is 15.2 Å². The number of carbonyl (C=O) groups is 1. The van der Waals surface area contributed by atoms with Gasteiger partial charge in [-0.1, -0.05) is 13.8 Å². The molecule has 0 saturated heterocycles. The van der Waals surface area contributed by atoms with Crippen molar-refractivity contribution in [1.29, 1.82) is 0 Å². The number of nitrogens with one attached hydrogen (secondary N) is 2. The summed E-state index contributed by atoms with van der Waals surface area (Å²) in [5.41, 5.74) is 1.27. The summed E-state index contributed by atoms with van der Waals surface area (Å²) in [5, 5.41) is 6.02. The van der Waals surface area contributed by atoms with Crippen molar-refractivity contribution < 1.29 is 4.79 Å². The summed E-state index contributed by atoms with van der Waals surface area (Å²) in [6.07, 6.45) is 4.65. The summed E-state index contributed by atoms with van der Waals surface area (Å²) in [7, 11) is 1.67. The Bertz CT molecular complexity index is 344. The highest BCUT2D eigenvalue weighted by atomic mass is 16.1. The van der Waals surface area contributed by atoms with Gasteiger partial charge in [0.05, 0.1) is 0 Å². The molecule has 0 spiro atoms. The molecule has 0 unspecified atom stereocenters. The van der Waals surface area contributed by atoms with Crippen LogP contribution in [-0.2, 0) is 17.9 Å². The van der Waals surface area contributed by atoms with Crippen LogP contribution in [-0.4, -0.2) is 24.1 Å². The highest BCUT2D eigenvalue weighted by Gasteiger charge is 2.01. The Hall–Kier alpha value is -1.29. The lowest BCUT2D eigenvalue weighted by Gasteiger charge is -2.05. The Morgan fingerprint density at radius 1 is 1.47 bits per heavy atom. The zero-order valence-corrected chi connectivity index (χ0v) is 11.0. The summed E-state index contributed by atoms with van der Waals surface area (Å²) in [6, 6.07) is 2.09. The third-order valence-electron chi connectivity index (χ3n) is 2.57. The summed E-state index contributed by atoms with van der Waals surface area (Å²) in [4.78, 5) is 11.1. The topological polar surface area (TPSA) is 46.1 Å². The molecule has 1 aromatic heterocycles. The van der Waals surface area contributed by atoms with Gasteiger partial charge in [0.15, 0.2) is 0 Å². The lowest BCUT2D eigenvalue weighted by Crippen LogP contribution is -2.19. The van der Waals surface area contributed by atoms with Gasteiger partial charge in [0, 0.05) is 39.0 Å². The van der Waals surface area contributed by atoms with Crippen LogP contribution in [0, 0.1) is 5.92 Å². The van der Waals surface area contributed by atoms with Crippen molar-refractivity contribution in [3.63, 3.8) is 0 Å². The average molecular weight is 237 g/mol. The smallest absolute Gasteiger partial charge is 0.221 e. The molecule has 0 atom stereocenters. The molecule has 0 aromatic carbocycles. The van der Waals surface area contributed by atoms with E-state index in [1.165, 1.54) is 5.56 Å². The Morgan fingerprint density at radius 3 is 2.88 bits per heavy atom. The molecule has 0 aliphatic heterocycles. The minimum Gasteiger partial charge on any atom is -0.359 e. The van der Waals surface area contributed by atoms with Gasteiger partial charge >= 0.3 is 0 Å². The summed E-state index contributed by atoms with van der Waals surface area (Å²) >= 11 is 0. The quantitative estimate of drug-likeness (QED) is 0.752. The number of aromatic nitrogens is 1. The molecule has 1 rings (SSSR count). The maximum absolute atomic E-state index is 11.1. The number of amides is 1. The molecular formula is C13H23N3O. The molecule has 17 heavy (non-hydrogen) atoms. The zero-order valence-electron chi connectivity index (χ0n) is 11.0. The summed E-state index contributed by atoms with van der Waals surface area (Å²) in [5.74, 6) is 0.753. The lowest BCUT2D eigenvalue weighted by atomic mass is 10.2. The Kier molecular flexibility index (Phi) is 5.77. The molecule has 0 fully saturated rings. The number of aryl methyl sites for hydroxylation is 1. The van der Waals surface area contributed by atoms with E-state index in [9.17, 15) is 4.79 Å². The van der Waals surface area contributed by atoms with Crippen molar-refractivity contribution in [3.05, 3.63) is 24.0 Å². The van der Waals surface area contributed by atoms with Crippen molar-refractivity contribution >= 4 is 5.91 Å². The van der Waals surface area contributed by atoms with Crippen LogP contribution in [0.5, 0.6) is 0 Å². The van der Waals surface area contributed by atoms with Crippen LogP contribution in [0.15, 0.2) is 18.5 Å². The number of hydrogen-bond donors (Lipinski definition) is 2. The molecule has 1 amide bonds. The van der Waals surface area contributed by atoms with Gasteiger partial charge in [-0.2, -0.15) is 0 Å². The summed E-state index contributed by atoms with van der Waals surface area (Å²) < 4.78 is 2.06. The first-order valence-corrected chi connectivity index (χ1v) is 6.17. The second-order valence-corrected chi connectivity index (χ2v) is 4.71. The van der Waals surface area contributed by atoms with Crippen molar-refractivity contribution in [2.75, 3.05) is 13.6 Å². The molecule has 0 aliphatic carbocycles. The van der Waals surface area contributed by atoms with Gasteiger partial charge in [-0.25, -0.2) is 0 Å². The fourth-order valence-corrected chi connectivity index (χ4v) is 1.60. The van der Waals surface area contributed by atoms with E-state index in [1.54, 1.807) is 7.05 Å². The van der Waals surface area contributed by atoms with E-state index in [0.29, 0.717) is 12.3 Å². The van der Waals surface area contributed by atoms with Gasteiger partial charge < -0.3 is 15.2 Å². The van der Waals surface area contributed by atoms with Gasteiger partial charge in [0.1, 0.15) is 0 Å². The maximum Gasteiger partial charge on any atom is 0.221 e. The van der Waals surface area contributed by atoms with E-state index in [1.807, 2.05) is 6.20 Å². The fourth-order valence-electron chi connectivity index (χ4n) is 1.60. The van der Waals surface area contributed by atoms with Crippen molar-refractivity contribution in [2.45, 2.75) is 33.4 Å². The highest BCUT2D eigenvalue weighted by molar-refractivity contribution is 5.75. The first-order valence-electron chi connectivity index (χ1n) is 6.17. The van der Waals surface area contributed by atoms with Gasteiger partial charge in [-0.3, -0.25) is 4.79 Å². The monoisotopic (exact) mass is 237 g/mol. The molecule has 1 heterocycles. The van der Waals surface area contributed by atoms with Gasteiger partial charge in [-0.05, 0) is 24.1 Å². The van der Waals surface area contributed by atoms with E-state index in [0.717, 1.165) is 19.6 Å². The van der Waals surface area contributed by atoms with Crippen LogP contribution >= 0.6 is 0 Å². The molecule has 1 aromatic rings. The van der Waals surface area contributed by atoms with Crippen molar-refractivity contribution in [3.8, 4) is 0 Å². The van der Waals surface area contributed by atoms with Gasteiger partial charge in [-0.15, -0.1) is 0 Å². The number of rotatable bonds is 7. The van der Waals surface area contributed by atoms with Crippen LogP contribution < -0.4 is 10.6 Å². The molecule has 0 radical (unpaired) electrons. The third-order valence-corrected chi connectivity index (χ3v) is 2.57. The van der Waals surface area contributed by atoms with Crippen molar-refractivity contribution in [2.24, 2.45) is 5.92 Å². The Labute approximate surface area is 103 Å². The SMILES string of the molecule is CNC(=O)CCn1ccc(CNCC(C)C)c1. The van der Waals surface area contributed by atoms with Crippen LogP contribution in [0.1, 0.15) is 25.8 Å². The first-order chi connectivity index (χ1) is 8.11. The van der Waals surface area contributed by atoms with Gasteiger partial charge in [0.2, 0.25) is 5.91 Å². The number of carbonyl (C=O) groups excluding carboxylic acids is 1. The molecule has 4 nitrogen and oxygen atoms in total. The lowest BCUT2D eigenvalue weighted by molar-refractivity contribution is -0.120. The first kappa shape index (κ1) is 13.8. The molecule has 0 saturated carbocycles. The van der Waals surface area contributed by atoms with E-state index in [2.05, 4.69) is 41.3 Å². The molecular weight excluding hydrogens is 214 g/mol. The fraction of sp³-hybridized carbons (Fsp3) is 0.615. The van der Waals surface area contributed by atoms with E-state index in [-0.39, 0.29) is 5.91 Å². The zero-order chi connectivity index (χ0) is 12.7. The third kappa shape index (κ3) is 5.54. The van der Waals surface area contributed by atoms with Crippen LogP contribution in [0.4, 0.5) is 0 Å². The largest absolute Gasteiger partial charge is 0.359 e.